The van der Waals surface area contributed by atoms with Crippen molar-refractivity contribution in [1.29, 1.82) is 0 Å². The Morgan fingerprint density at radius 1 is 0.237 bits per heavy atom. The highest BCUT2D eigenvalue weighted by Crippen LogP contribution is 2.50. The van der Waals surface area contributed by atoms with Crippen molar-refractivity contribution < 1.29 is 0 Å². The van der Waals surface area contributed by atoms with Crippen LogP contribution in [0.3, 0.4) is 0 Å². The highest BCUT2D eigenvalue weighted by atomic mass is 15.2. The topological polar surface area (TPSA) is 45.5 Å². The highest BCUT2D eigenvalue weighted by molar-refractivity contribution is 6.16. The van der Waals surface area contributed by atoms with E-state index in [2.05, 4.69) is 289 Å². The van der Waals surface area contributed by atoms with Gasteiger partial charge >= 0.3 is 0 Å². The molecule has 0 N–H and O–H groups in total. The Labute approximate surface area is 462 Å². The molecule has 0 bridgehead atoms. The molecule has 0 fully saturated rings. The normalized spacial score (nSPS) is 12.0. The van der Waals surface area contributed by atoms with Gasteiger partial charge in [0.1, 0.15) is 11.4 Å². The second kappa shape index (κ2) is 17.6. The van der Waals surface area contributed by atoms with Gasteiger partial charge in [-0.25, -0.2) is 9.97 Å². The molecular formula is C74H52N6. The van der Waals surface area contributed by atoms with Crippen molar-refractivity contribution in [2.75, 3.05) is 0 Å². The lowest BCUT2D eigenvalue weighted by atomic mass is 9.96. The molecule has 0 aliphatic carbocycles. The zero-order valence-electron chi connectivity index (χ0n) is 44.8. The molecular weight excluding hydrogens is 973 g/mol. The van der Waals surface area contributed by atoms with E-state index in [1.54, 1.807) is 0 Å². The van der Waals surface area contributed by atoms with E-state index in [9.17, 15) is 0 Å². The Bertz CT molecular complexity index is 4940. The van der Waals surface area contributed by atoms with Crippen LogP contribution >= 0.6 is 0 Å². The standard InChI is InChI=1S/C74H52N6/c1-45-31-35-66-56(39-45)57-40-46(2)32-36-67(57)78(66)72-70(51-43-60(49-19-7-5-8-20-49)75-61(44-51)50-21-9-6-10-22-50)71(77-62-27-15-11-23-52(62)53-24-12-16-28-63(53)77)73(79-64-29-17-13-25-54(64)55-26-14-18-30-65(55)79)76-74(72)80-68-37-33-47(3)41-58(68)59-42-48(4)34-38-69(59)80/h5-44H,1-4H3. The molecule has 0 amide bonds. The number of hydrogen-bond donors (Lipinski definition) is 0. The SMILES string of the molecule is Cc1ccc2c(c1)c1cc(C)ccc1n2-c1nc(-n2c3ccccc3c3ccccc32)c(-n2c3ccccc3c3ccccc32)c(-c2cc(-c3ccccc3)nc(-c3ccccc3)c2)c1-n1c2ccc(C)cc2c2cc(C)ccc21. The first kappa shape index (κ1) is 45.9. The lowest BCUT2D eigenvalue weighted by Crippen LogP contribution is -2.16. The molecule has 0 aliphatic heterocycles. The molecule has 0 saturated heterocycles. The van der Waals surface area contributed by atoms with Gasteiger partial charge in [-0.3, -0.25) is 9.13 Å². The van der Waals surface area contributed by atoms with Crippen molar-refractivity contribution in [2.45, 2.75) is 27.7 Å². The number of nitrogens with zero attached hydrogens (tertiary/aromatic N) is 6. The van der Waals surface area contributed by atoms with Crippen LogP contribution in [0.25, 0.3) is 144 Å². The Balaban J connectivity index is 1.25. The largest absolute Gasteiger partial charge is 0.305 e. The molecule has 6 heteroatoms. The first-order valence-corrected chi connectivity index (χ1v) is 27.6. The summed E-state index contributed by atoms with van der Waals surface area (Å²) in [6.07, 6.45) is 0. The number of pyridine rings is 2. The van der Waals surface area contributed by atoms with Gasteiger partial charge in [0.05, 0.1) is 55.5 Å². The average molecular weight is 1030 g/mol. The summed E-state index contributed by atoms with van der Waals surface area (Å²) in [5.74, 6) is 1.59. The van der Waals surface area contributed by atoms with Crippen molar-refractivity contribution in [3.8, 4) is 56.7 Å². The first-order chi connectivity index (χ1) is 39.3. The molecule has 0 radical (unpaired) electrons. The summed E-state index contributed by atoms with van der Waals surface area (Å²) in [5.41, 5.74) is 21.1. The minimum Gasteiger partial charge on any atom is -0.305 e. The molecule has 6 nitrogen and oxygen atoms in total. The predicted octanol–water partition coefficient (Wildman–Crippen LogP) is 19.1. The number of fused-ring (bicyclic) bond motifs is 12. The predicted molar refractivity (Wildman–Crippen MR) is 335 cm³/mol. The monoisotopic (exact) mass is 1020 g/mol. The van der Waals surface area contributed by atoms with Crippen molar-refractivity contribution in [3.05, 3.63) is 265 Å². The van der Waals surface area contributed by atoms with E-state index in [0.29, 0.717) is 0 Å². The molecule has 0 spiro atoms. The summed E-state index contributed by atoms with van der Waals surface area (Å²) >= 11 is 0. The quantitative estimate of drug-likeness (QED) is 0.160. The first-order valence-electron chi connectivity index (χ1n) is 27.6. The van der Waals surface area contributed by atoms with Gasteiger partial charge in [-0.1, -0.05) is 180 Å². The molecule has 80 heavy (non-hydrogen) atoms. The lowest BCUT2D eigenvalue weighted by molar-refractivity contribution is 0.961. The molecule has 0 saturated carbocycles. The summed E-state index contributed by atoms with van der Waals surface area (Å²) < 4.78 is 9.97. The van der Waals surface area contributed by atoms with Gasteiger partial charge < -0.3 is 9.13 Å². The summed E-state index contributed by atoms with van der Waals surface area (Å²) in [4.78, 5) is 12.1. The third-order valence-electron chi connectivity index (χ3n) is 16.5. The van der Waals surface area contributed by atoms with E-state index in [-0.39, 0.29) is 0 Å². The molecule has 16 rings (SSSR count). The van der Waals surface area contributed by atoms with Crippen LogP contribution in [0, 0.1) is 27.7 Å². The maximum Gasteiger partial charge on any atom is 0.165 e. The van der Waals surface area contributed by atoms with Gasteiger partial charge in [-0.2, -0.15) is 0 Å². The van der Waals surface area contributed by atoms with E-state index >= 15 is 0 Å². The van der Waals surface area contributed by atoms with Crippen molar-refractivity contribution >= 4 is 87.2 Å². The van der Waals surface area contributed by atoms with Gasteiger partial charge in [0.15, 0.2) is 11.6 Å². The molecule has 0 unspecified atom stereocenters. The van der Waals surface area contributed by atoms with Crippen LogP contribution in [-0.4, -0.2) is 28.2 Å². The zero-order valence-corrected chi connectivity index (χ0v) is 44.8. The van der Waals surface area contributed by atoms with Gasteiger partial charge in [0, 0.05) is 59.8 Å². The second-order valence-corrected chi connectivity index (χ2v) is 21.7. The zero-order chi connectivity index (χ0) is 53.3. The Kier molecular flexibility index (Phi) is 10.1. The van der Waals surface area contributed by atoms with E-state index in [1.807, 2.05) is 0 Å². The van der Waals surface area contributed by atoms with Gasteiger partial charge in [0.25, 0.3) is 0 Å². The van der Waals surface area contributed by atoms with Gasteiger partial charge in [-0.05, 0) is 118 Å². The van der Waals surface area contributed by atoms with Crippen LogP contribution in [0.15, 0.2) is 243 Å². The number of aryl methyl sites for hydroxylation is 4. The minimum atomic E-state index is 0.795. The lowest BCUT2D eigenvalue weighted by Gasteiger charge is -2.27. The molecule has 10 aromatic carbocycles. The number of aromatic nitrogens is 6. The third kappa shape index (κ3) is 6.85. The Hall–Kier alpha value is -10.3. The van der Waals surface area contributed by atoms with Crippen LogP contribution in [0.2, 0.25) is 0 Å². The average Bonchev–Trinajstić information content (AvgIpc) is 4.41. The summed E-state index contributed by atoms with van der Waals surface area (Å²) in [5, 5.41) is 9.36. The van der Waals surface area contributed by atoms with Gasteiger partial charge in [-0.15, -0.1) is 0 Å². The highest BCUT2D eigenvalue weighted by Gasteiger charge is 2.33. The number of benzene rings is 10. The fourth-order valence-corrected chi connectivity index (χ4v) is 13.0. The van der Waals surface area contributed by atoms with Gasteiger partial charge in [0.2, 0.25) is 0 Å². The molecule has 0 aliphatic rings. The fourth-order valence-electron chi connectivity index (χ4n) is 13.0. The molecule has 0 atom stereocenters. The van der Waals surface area contributed by atoms with Crippen molar-refractivity contribution in [1.82, 2.24) is 28.2 Å². The Morgan fingerprint density at radius 3 is 0.875 bits per heavy atom. The fraction of sp³-hybridized carbons (Fsp3) is 0.0541. The molecule has 6 aromatic heterocycles. The Morgan fingerprint density at radius 2 is 0.525 bits per heavy atom. The number of rotatable bonds is 7. The summed E-state index contributed by atoms with van der Waals surface area (Å²) in [7, 11) is 0. The van der Waals surface area contributed by atoms with Crippen LogP contribution in [0.4, 0.5) is 0 Å². The van der Waals surface area contributed by atoms with E-state index in [0.717, 1.165) is 122 Å². The smallest absolute Gasteiger partial charge is 0.165 e. The van der Waals surface area contributed by atoms with Crippen LogP contribution in [0.1, 0.15) is 22.3 Å². The number of hydrogen-bond acceptors (Lipinski definition) is 2. The van der Waals surface area contributed by atoms with Crippen LogP contribution < -0.4 is 0 Å². The maximum atomic E-state index is 6.49. The molecule has 16 aromatic rings. The summed E-state index contributed by atoms with van der Waals surface area (Å²) in [6.45, 7) is 8.79. The third-order valence-corrected chi connectivity index (χ3v) is 16.5. The minimum absolute atomic E-state index is 0.795. The molecule has 378 valence electrons. The summed E-state index contributed by atoms with van der Waals surface area (Å²) in [6, 6.07) is 89.1. The second-order valence-electron chi connectivity index (χ2n) is 21.7. The van der Waals surface area contributed by atoms with Crippen molar-refractivity contribution in [3.63, 3.8) is 0 Å². The maximum absolute atomic E-state index is 6.49. The van der Waals surface area contributed by atoms with E-state index < -0.39 is 0 Å². The van der Waals surface area contributed by atoms with Crippen LogP contribution in [0.5, 0.6) is 0 Å². The number of para-hydroxylation sites is 4. The van der Waals surface area contributed by atoms with E-state index in [4.69, 9.17) is 9.97 Å². The van der Waals surface area contributed by atoms with Crippen molar-refractivity contribution in [2.24, 2.45) is 0 Å². The molecule has 6 heterocycles. The van der Waals surface area contributed by atoms with E-state index in [1.165, 1.54) is 43.8 Å². The van der Waals surface area contributed by atoms with Crippen LogP contribution in [-0.2, 0) is 0 Å².